The van der Waals surface area contributed by atoms with Crippen molar-refractivity contribution >= 4 is 23.0 Å². The van der Waals surface area contributed by atoms with Gasteiger partial charge in [-0.3, -0.25) is 10.1 Å². The average molecular weight is 300 g/mol. The predicted octanol–water partition coefficient (Wildman–Crippen LogP) is 2.78. The normalized spacial score (nSPS) is 10.3. The molecular weight excluding hydrogens is 294 g/mol. The van der Waals surface area contributed by atoms with Gasteiger partial charge in [-0.05, 0) is 6.07 Å². The second kappa shape index (κ2) is 5.29. The quantitative estimate of drug-likeness (QED) is 0.494. The summed E-state index contributed by atoms with van der Waals surface area (Å²) in [5.74, 6) is -3.04. The van der Waals surface area contributed by atoms with Gasteiger partial charge in [-0.25, -0.2) is 14.2 Å². The number of esters is 1. The molecule has 0 saturated heterocycles. The zero-order valence-corrected chi connectivity index (χ0v) is 10.7. The molecule has 0 amide bonds. The second-order valence-corrected chi connectivity index (χ2v) is 4.56. The van der Waals surface area contributed by atoms with Gasteiger partial charge in [-0.1, -0.05) is 0 Å². The molecule has 0 aliphatic carbocycles. The van der Waals surface area contributed by atoms with E-state index in [1.165, 1.54) is 0 Å². The van der Waals surface area contributed by atoms with Gasteiger partial charge in [0.05, 0.1) is 23.8 Å². The summed E-state index contributed by atoms with van der Waals surface area (Å²) in [5.41, 5.74) is -1.50. The third-order valence-corrected chi connectivity index (χ3v) is 3.37. The molecule has 0 fully saturated rings. The molecule has 104 valence electrons. The van der Waals surface area contributed by atoms with Crippen molar-refractivity contribution in [3.63, 3.8) is 0 Å². The van der Waals surface area contributed by atoms with Crippen LogP contribution in [-0.2, 0) is 4.74 Å². The number of halogens is 2. The fourth-order valence-electron chi connectivity index (χ4n) is 1.46. The number of aromatic nitrogens is 1. The zero-order chi connectivity index (χ0) is 14.9. The smallest absolute Gasteiger partial charge is 0.349 e. The summed E-state index contributed by atoms with van der Waals surface area (Å²) in [7, 11) is 1.15. The van der Waals surface area contributed by atoms with Crippen LogP contribution in [0.1, 0.15) is 9.67 Å². The minimum Gasteiger partial charge on any atom is -0.465 e. The van der Waals surface area contributed by atoms with Crippen molar-refractivity contribution in [1.82, 2.24) is 4.98 Å². The van der Waals surface area contributed by atoms with Gasteiger partial charge in [0.15, 0.2) is 0 Å². The van der Waals surface area contributed by atoms with Crippen molar-refractivity contribution < 1.29 is 23.2 Å². The van der Waals surface area contributed by atoms with Crippen LogP contribution < -0.4 is 0 Å². The van der Waals surface area contributed by atoms with Gasteiger partial charge in [0, 0.05) is 6.07 Å². The van der Waals surface area contributed by atoms with Gasteiger partial charge in [0.2, 0.25) is 5.82 Å². The van der Waals surface area contributed by atoms with E-state index in [4.69, 9.17) is 0 Å². The van der Waals surface area contributed by atoms with Crippen molar-refractivity contribution in [2.24, 2.45) is 0 Å². The molecular formula is C11H6F2N2O4S. The number of methoxy groups -OCH3 is 1. The van der Waals surface area contributed by atoms with Crippen LogP contribution in [0, 0.1) is 21.7 Å². The summed E-state index contributed by atoms with van der Waals surface area (Å²) in [4.78, 5) is 24.6. The Morgan fingerprint density at radius 1 is 1.45 bits per heavy atom. The lowest BCUT2D eigenvalue weighted by Crippen LogP contribution is -1.97. The second-order valence-electron chi connectivity index (χ2n) is 3.53. The molecule has 9 heteroatoms. The van der Waals surface area contributed by atoms with E-state index in [1.807, 2.05) is 0 Å². The number of carbonyl (C=O) groups excluding carboxylic acids is 1. The molecule has 2 aromatic rings. The van der Waals surface area contributed by atoms with Crippen LogP contribution in [-0.4, -0.2) is 23.0 Å². The Bertz CT molecular complexity index is 702. The topological polar surface area (TPSA) is 82.3 Å². The van der Waals surface area contributed by atoms with Crippen LogP contribution in [0.5, 0.6) is 0 Å². The predicted molar refractivity (Wildman–Crippen MR) is 65.5 cm³/mol. The fourth-order valence-corrected chi connectivity index (χ4v) is 2.34. The summed E-state index contributed by atoms with van der Waals surface area (Å²) in [6.45, 7) is 0. The van der Waals surface area contributed by atoms with Crippen LogP contribution in [0.25, 0.3) is 10.6 Å². The number of ether oxygens (including phenoxy) is 1. The van der Waals surface area contributed by atoms with Crippen molar-refractivity contribution in [3.8, 4) is 10.6 Å². The number of nitrogens with zero attached hydrogens (tertiary/aromatic N) is 2. The lowest BCUT2D eigenvalue weighted by molar-refractivity contribution is -0.387. The van der Waals surface area contributed by atoms with Crippen LogP contribution >= 0.6 is 11.3 Å². The SMILES string of the molecule is COC(=O)c1cnc(-c2c(F)ccc([N+](=O)[O-])c2F)s1. The number of hydrogen-bond acceptors (Lipinski definition) is 6. The monoisotopic (exact) mass is 300 g/mol. The van der Waals surface area contributed by atoms with Gasteiger partial charge in [-0.15, -0.1) is 11.3 Å². The maximum Gasteiger partial charge on any atom is 0.349 e. The van der Waals surface area contributed by atoms with Crippen molar-refractivity contribution in [2.45, 2.75) is 0 Å². The Hall–Kier alpha value is -2.42. The minimum absolute atomic E-state index is 0.0350. The molecule has 20 heavy (non-hydrogen) atoms. The number of hydrogen-bond donors (Lipinski definition) is 0. The molecule has 0 spiro atoms. The number of thiazole rings is 1. The van der Waals surface area contributed by atoms with Gasteiger partial charge in [-0.2, -0.15) is 4.39 Å². The maximum absolute atomic E-state index is 13.9. The Kier molecular flexibility index (Phi) is 3.70. The number of benzene rings is 1. The number of carbonyl (C=O) groups is 1. The van der Waals surface area contributed by atoms with E-state index < -0.39 is 33.8 Å². The van der Waals surface area contributed by atoms with Crippen molar-refractivity contribution in [1.29, 1.82) is 0 Å². The lowest BCUT2D eigenvalue weighted by atomic mass is 10.2. The van der Waals surface area contributed by atoms with E-state index in [0.29, 0.717) is 11.3 Å². The summed E-state index contributed by atoms with van der Waals surface area (Å²) in [6.07, 6.45) is 1.09. The highest BCUT2D eigenvalue weighted by Crippen LogP contribution is 2.34. The molecule has 1 heterocycles. The number of nitro benzene ring substituents is 1. The highest BCUT2D eigenvalue weighted by molar-refractivity contribution is 7.16. The Balaban J connectivity index is 2.57. The summed E-state index contributed by atoms with van der Waals surface area (Å²) < 4.78 is 32.0. The van der Waals surface area contributed by atoms with E-state index in [0.717, 1.165) is 25.4 Å². The third kappa shape index (κ3) is 2.35. The minimum atomic E-state index is -1.33. The molecule has 0 atom stereocenters. The average Bonchev–Trinajstić information content (AvgIpc) is 2.87. The zero-order valence-electron chi connectivity index (χ0n) is 9.92. The molecule has 0 radical (unpaired) electrons. The largest absolute Gasteiger partial charge is 0.465 e. The molecule has 6 nitrogen and oxygen atoms in total. The van der Waals surface area contributed by atoms with Crippen molar-refractivity contribution in [3.05, 3.63) is 45.0 Å². The Morgan fingerprint density at radius 2 is 2.15 bits per heavy atom. The molecule has 0 bridgehead atoms. The first-order valence-corrected chi connectivity index (χ1v) is 5.94. The van der Waals surface area contributed by atoms with Gasteiger partial charge >= 0.3 is 11.7 Å². The summed E-state index contributed by atoms with van der Waals surface area (Å²) in [5, 5.41) is 10.5. The first-order valence-electron chi connectivity index (χ1n) is 5.12. The van der Waals surface area contributed by atoms with E-state index in [1.54, 1.807) is 0 Å². The molecule has 0 unspecified atom stereocenters. The Labute approximate surface area is 114 Å². The number of nitro groups is 1. The lowest BCUT2D eigenvalue weighted by Gasteiger charge is -2.01. The molecule has 0 N–H and O–H groups in total. The van der Waals surface area contributed by atoms with E-state index in [-0.39, 0.29) is 9.88 Å². The molecule has 2 rings (SSSR count). The van der Waals surface area contributed by atoms with Crippen LogP contribution in [0.15, 0.2) is 18.3 Å². The highest BCUT2D eigenvalue weighted by Gasteiger charge is 2.25. The van der Waals surface area contributed by atoms with Crippen molar-refractivity contribution in [2.75, 3.05) is 7.11 Å². The van der Waals surface area contributed by atoms with E-state index >= 15 is 0 Å². The van der Waals surface area contributed by atoms with E-state index in [2.05, 4.69) is 9.72 Å². The first kappa shape index (κ1) is 14.0. The molecule has 1 aromatic carbocycles. The van der Waals surface area contributed by atoms with Gasteiger partial charge in [0.25, 0.3) is 0 Å². The molecule has 0 aliphatic heterocycles. The number of rotatable bonds is 3. The third-order valence-electron chi connectivity index (χ3n) is 2.37. The highest BCUT2D eigenvalue weighted by atomic mass is 32.1. The van der Waals surface area contributed by atoms with Gasteiger partial charge < -0.3 is 4.74 Å². The molecule has 0 aliphatic rings. The van der Waals surface area contributed by atoms with Crippen LogP contribution in [0.3, 0.4) is 0 Å². The van der Waals surface area contributed by atoms with Crippen LogP contribution in [0.4, 0.5) is 14.5 Å². The molecule has 1 aromatic heterocycles. The Morgan fingerprint density at radius 3 is 2.75 bits per heavy atom. The maximum atomic E-state index is 13.9. The molecule has 0 saturated carbocycles. The van der Waals surface area contributed by atoms with Crippen LogP contribution in [0.2, 0.25) is 0 Å². The fraction of sp³-hybridized carbons (Fsp3) is 0.0909. The first-order chi connectivity index (χ1) is 9.45. The summed E-state index contributed by atoms with van der Waals surface area (Å²) >= 11 is 0.679. The van der Waals surface area contributed by atoms with Gasteiger partial charge in [0.1, 0.15) is 15.7 Å². The standard InChI is InChI=1S/C11H6F2N2O4S/c1-19-11(16)7-4-14-10(20-7)8-5(12)2-3-6(9(8)13)15(17)18/h2-4H,1H3. The summed E-state index contributed by atoms with van der Waals surface area (Å²) in [6, 6.07) is 1.50. The van der Waals surface area contributed by atoms with E-state index in [9.17, 15) is 23.7 Å².